The fourth-order valence-electron chi connectivity index (χ4n) is 2.09. The molecule has 102 valence electrons. The summed E-state index contributed by atoms with van der Waals surface area (Å²) in [7, 11) is 0. The van der Waals surface area contributed by atoms with Crippen molar-refractivity contribution in [3.05, 3.63) is 28.8 Å². The van der Waals surface area contributed by atoms with Gasteiger partial charge < -0.3 is 20.5 Å². The van der Waals surface area contributed by atoms with E-state index in [-0.39, 0.29) is 17.2 Å². The van der Waals surface area contributed by atoms with Gasteiger partial charge in [-0.3, -0.25) is 4.79 Å². The molecule has 2 rings (SSSR count). The van der Waals surface area contributed by atoms with E-state index < -0.39 is 17.9 Å². The van der Waals surface area contributed by atoms with Crippen LogP contribution in [0.4, 0.5) is 5.69 Å². The Labute approximate surface area is 114 Å². The summed E-state index contributed by atoms with van der Waals surface area (Å²) in [5, 5.41) is 9.48. The molecule has 1 aliphatic rings. The number of halogens is 1. The second kappa shape index (κ2) is 5.46. The fourth-order valence-corrected chi connectivity index (χ4v) is 2.37. The summed E-state index contributed by atoms with van der Waals surface area (Å²) in [4.78, 5) is 24.3. The van der Waals surface area contributed by atoms with Gasteiger partial charge >= 0.3 is 5.97 Å². The van der Waals surface area contributed by atoms with E-state index in [2.05, 4.69) is 0 Å². The van der Waals surface area contributed by atoms with Gasteiger partial charge in [-0.05, 0) is 12.1 Å². The molecule has 0 saturated carbocycles. The van der Waals surface area contributed by atoms with Crippen LogP contribution in [-0.2, 0) is 9.53 Å². The molecule has 0 spiro atoms. The van der Waals surface area contributed by atoms with Gasteiger partial charge in [-0.2, -0.15) is 0 Å². The van der Waals surface area contributed by atoms with E-state index in [0.717, 1.165) is 0 Å². The van der Waals surface area contributed by atoms with Crippen molar-refractivity contribution in [1.29, 1.82) is 0 Å². The molecule has 1 atom stereocenters. The van der Waals surface area contributed by atoms with Crippen LogP contribution in [0.5, 0.6) is 0 Å². The minimum atomic E-state index is -1.10. The Balaban J connectivity index is 2.49. The fraction of sp³-hybridized carbons (Fsp3) is 0.333. The Hall–Kier alpha value is -1.79. The summed E-state index contributed by atoms with van der Waals surface area (Å²) >= 11 is 6.08. The van der Waals surface area contributed by atoms with E-state index in [4.69, 9.17) is 22.1 Å². The molecular weight excluding hydrogens is 272 g/mol. The number of benzene rings is 1. The standard InChI is InChI=1S/C12H13ClN2O4/c13-8-3-1-2-7(12(17)18)10(8)15-4-5-19-6-9(15)11(14)16/h1-3,9H,4-6H2,(H2,14,16)(H,17,18). The number of amides is 1. The number of carboxylic acids is 1. The van der Waals surface area contributed by atoms with Crippen LogP contribution >= 0.6 is 11.6 Å². The van der Waals surface area contributed by atoms with Gasteiger partial charge in [-0.1, -0.05) is 17.7 Å². The summed E-state index contributed by atoms with van der Waals surface area (Å²) in [6.07, 6.45) is 0. The average Bonchev–Trinajstić information content (AvgIpc) is 2.38. The van der Waals surface area contributed by atoms with Gasteiger partial charge in [0.25, 0.3) is 0 Å². The van der Waals surface area contributed by atoms with E-state index in [1.54, 1.807) is 17.0 Å². The Bertz CT molecular complexity index is 520. The Morgan fingerprint density at radius 1 is 1.47 bits per heavy atom. The predicted molar refractivity (Wildman–Crippen MR) is 69.6 cm³/mol. The lowest BCUT2D eigenvalue weighted by atomic mass is 10.1. The first kappa shape index (κ1) is 13.6. The molecule has 1 unspecified atom stereocenters. The molecule has 1 amide bonds. The average molecular weight is 285 g/mol. The van der Waals surface area contributed by atoms with Gasteiger partial charge in [0.2, 0.25) is 5.91 Å². The molecule has 0 bridgehead atoms. The Kier molecular flexibility index (Phi) is 3.92. The first-order chi connectivity index (χ1) is 9.02. The van der Waals surface area contributed by atoms with E-state index >= 15 is 0 Å². The lowest BCUT2D eigenvalue weighted by Gasteiger charge is -2.36. The SMILES string of the molecule is NC(=O)C1COCCN1c1c(Cl)cccc1C(=O)O. The van der Waals surface area contributed by atoms with Crippen molar-refractivity contribution >= 4 is 29.2 Å². The van der Waals surface area contributed by atoms with Crippen LogP contribution in [0.3, 0.4) is 0 Å². The van der Waals surface area contributed by atoms with E-state index in [1.165, 1.54) is 6.07 Å². The molecule has 1 aromatic rings. The van der Waals surface area contributed by atoms with Crippen molar-refractivity contribution in [2.75, 3.05) is 24.7 Å². The highest BCUT2D eigenvalue weighted by atomic mass is 35.5. The van der Waals surface area contributed by atoms with Gasteiger partial charge in [0.1, 0.15) is 6.04 Å². The molecule has 3 N–H and O–H groups in total. The summed E-state index contributed by atoms with van der Waals surface area (Å²) in [5.41, 5.74) is 5.67. The number of nitrogens with zero attached hydrogens (tertiary/aromatic N) is 1. The lowest BCUT2D eigenvalue weighted by molar-refractivity contribution is -0.121. The van der Waals surface area contributed by atoms with Gasteiger partial charge in [0, 0.05) is 6.54 Å². The maximum absolute atomic E-state index is 11.4. The normalized spacial score (nSPS) is 19.2. The molecule has 1 saturated heterocycles. The van der Waals surface area contributed by atoms with Crippen molar-refractivity contribution in [2.24, 2.45) is 5.73 Å². The zero-order chi connectivity index (χ0) is 14.0. The van der Waals surface area contributed by atoms with Gasteiger partial charge in [-0.25, -0.2) is 4.79 Å². The highest BCUT2D eigenvalue weighted by Crippen LogP contribution is 2.32. The van der Waals surface area contributed by atoms with E-state index in [9.17, 15) is 14.7 Å². The van der Waals surface area contributed by atoms with Crippen molar-refractivity contribution in [1.82, 2.24) is 0 Å². The van der Waals surface area contributed by atoms with Crippen LogP contribution in [0.15, 0.2) is 18.2 Å². The first-order valence-corrected chi connectivity index (χ1v) is 6.05. The third kappa shape index (κ3) is 2.64. The number of rotatable bonds is 3. The number of aromatic carboxylic acids is 1. The lowest BCUT2D eigenvalue weighted by Crippen LogP contribution is -2.53. The number of carboxylic acid groups (broad SMARTS) is 1. The molecule has 0 aliphatic carbocycles. The Morgan fingerprint density at radius 2 is 2.21 bits per heavy atom. The molecule has 1 aliphatic heterocycles. The molecule has 1 heterocycles. The number of hydrogen-bond acceptors (Lipinski definition) is 4. The third-order valence-corrected chi connectivity index (χ3v) is 3.27. The van der Waals surface area contributed by atoms with E-state index in [0.29, 0.717) is 18.8 Å². The number of hydrogen-bond donors (Lipinski definition) is 2. The number of carbonyl (C=O) groups is 2. The molecule has 7 heteroatoms. The van der Waals surface area contributed by atoms with Crippen LogP contribution in [0.1, 0.15) is 10.4 Å². The monoisotopic (exact) mass is 284 g/mol. The predicted octanol–water partition coefficient (Wildman–Crippen LogP) is 0.729. The minimum absolute atomic E-state index is 0.0423. The van der Waals surface area contributed by atoms with Crippen molar-refractivity contribution < 1.29 is 19.4 Å². The summed E-state index contributed by atoms with van der Waals surface area (Å²) in [6.45, 7) is 0.866. The van der Waals surface area contributed by atoms with E-state index in [1.807, 2.05) is 0 Å². The zero-order valence-electron chi connectivity index (χ0n) is 10.0. The van der Waals surface area contributed by atoms with Crippen LogP contribution in [0, 0.1) is 0 Å². The summed E-state index contributed by atoms with van der Waals surface area (Å²) in [5.74, 6) is -1.68. The summed E-state index contributed by atoms with van der Waals surface area (Å²) in [6, 6.07) is 3.86. The maximum Gasteiger partial charge on any atom is 0.337 e. The zero-order valence-corrected chi connectivity index (χ0v) is 10.8. The second-order valence-corrected chi connectivity index (χ2v) is 4.53. The summed E-state index contributed by atoms with van der Waals surface area (Å²) < 4.78 is 5.20. The molecular formula is C12H13ClN2O4. The topological polar surface area (TPSA) is 92.9 Å². The van der Waals surface area contributed by atoms with Crippen LogP contribution in [0.2, 0.25) is 5.02 Å². The number of ether oxygens (including phenoxy) is 1. The highest BCUT2D eigenvalue weighted by Gasteiger charge is 2.31. The largest absolute Gasteiger partial charge is 0.478 e. The number of nitrogens with two attached hydrogens (primary N) is 1. The molecule has 1 aromatic carbocycles. The van der Waals surface area contributed by atoms with Gasteiger partial charge in [-0.15, -0.1) is 0 Å². The van der Waals surface area contributed by atoms with Crippen LogP contribution in [-0.4, -0.2) is 42.8 Å². The number of morpholine rings is 1. The van der Waals surface area contributed by atoms with Crippen molar-refractivity contribution in [2.45, 2.75) is 6.04 Å². The van der Waals surface area contributed by atoms with Crippen LogP contribution in [0.25, 0.3) is 0 Å². The molecule has 6 nitrogen and oxygen atoms in total. The highest BCUT2D eigenvalue weighted by molar-refractivity contribution is 6.34. The molecule has 0 radical (unpaired) electrons. The number of anilines is 1. The smallest absolute Gasteiger partial charge is 0.337 e. The minimum Gasteiger partial charge on any atom is -0.478 e. The number of para-hydroxylation sites is 1. The van der Waals surface area contributed by atoms with Crippen molar-refractivity contribution in [3.63, 3.8) is 0 Å². The maximum atomic E-state index is 11.4. The molecule has 1 fully saturated rings. The van der Waals surface area contributed by atoms with Crippen LogP contribution < -0.4 is 10.6 Å². The second-order valence-electron chi connectivity index (χ2n) is 4.13. The third-order valence-electron chi connectivity index (χ3n) is 2.96. The quantitative estimate of drug-likeness (QED) is 0.853. The number of carbonyl (C=O) groups excluding carboxylic acids is 1. The Morgan fingerprint density at radius 3 is 2.84 bits per heavy atom. The van der Waals surface area contributed by atoms with Gasteiger partial charge in [0.05, 0.1) is 29.5 Å². The molecule has 0 aromatic heterocycles. The first-order valence-electron chi connectivity index (χ1n) is 5.68. The van der Waals surface area contributed by atoms with Crippen molar-refractivity contribution in [3.8, 4) is 0 Å². The number of primary amides is 1. The molecule has 19 heavy (non-hydrogen) atoms. The van der Waals surface area contributed by atoms with Gasteiger partial charge in [0.15, 0.2) is 0 Å².